The van der Waals surface area contributed by atoms with Gasteiger partial charge in [0.15, 0.2) is 0 Å². The van der Waals surface area contributed by atoms with Crippen molar-refractivity contribution in [3.63, 3.8) is 0 Å². The lowest BCUT2D eigenvalue weighted by atomic mass is 9.99. The third kappa shape index (κ3) is 4.97. The number of hydrogen-bond acceptors (Lipinski definition) is 4. The summed E-state index contributed by atoms with van der Waals surface area (Å²) in [7, 11) is -2.89. The number of aromatic nitrogens is 2. The van der Waals surface area contributed by atoms with Crippen LogP contribution in [0, 0.1) is 12.8 Å². The monoisotopic (exact) mass is 311 g/mol. The molecule has 0 radical (unpaired) electrons. The Morgan fingerprint density at radius 3 is 2.95 bits per heavy atom. The average molecular weight is 311 g/mol. The van der Waals surface area contributed by atoms with Gasteiger partial charge in [-0.25, -0.2) is 8.42 Å². The van der Waals surface area contributed by atoms with Gasteiger partial charge in [0.25, 0.3) is 0 Å². The Morgan fingerprint density at radius 1 is 1.52 bits per heavy atom. The van der Waals surface area contributed by atoms with Gasteiger partial charge < -0.3 is 0 Å². The first-order valence-electron chi connectivity index (χ1n) is 7.41. The molecule has 2 heterocycles. The number of likely N-dealkylation sites (tertiary alicyclic amines) is 1. The summed E-state index contributed by atoms with van der Waals surface area (Å²) in [5, 5.41) is 4.47. The van der Waals surface area contributed by atoms with Crippen molar-refractivity contribution in [3.05, 3.63) is 30.1 Å². The Labute approximate surface area is 127 Å². The minimum atomic E-state index is -2.89. The van der Waals surface area contributed by atoms with E-state index in [2.05, 4.69) is 22.8 Å². The van der Waals surface area contributed by atoms with Crippen LogP contribution in [0.1, 0.15) is 24.1 Å². The van der Waals surface area contributed by atoms with Gasteiger partial charge in [-0.2, -0.15) is 5.10 Å². The van der Waals surface area contributed by atoms with E-state index in [1.54, 1.807) is 0 Å². The van der Waals surface area contributed by atoms with E-state index in [1.807, 2.05) is 17.7 Å². The summed E-state index contributed by atoms with van der Waals surface area (Å²) >= 11 is 0. The van der Waals surface area contributed by atoms with Crippen molar-refractivity contribution >= 4 is 9.84 Å². The second-order valence-corrected chi connectivity index (χ2v) is 8.27. The Bertz CT molecular complexity index is 592. The topological polar surface area (TPSA) is 55.2 Å². The molecule has 0 saturated carbocycles. The highest BCUT2D eigenvalue weighted by Crippen LogP contribution is 2.20. The molecule has 0 aliphatic carbocycles. The Morgan fingerprint density at radius 2 is 2.29 bits per heavy atom. The Kier molecular flexibility index (Phi) is 5.22. The molecule has 1 aromatic rings. The normalized spacial score (nSPS) is 20.6. The molecule has 5 nitrogen and oxygen atoms in total. The summed E-state index contributed by atoms with van der Waals surface area (Å²) in [6.45, 7) is 9.21. The number of rotatable bonds is 6. The van der Waals surface area contributed by atoms with Crippen LogP contribution in [0.4, 0.5) is 0 Å². The second kappa shape index (κ2) is 6.75. The molecule has 0 N–H and O–H groups in total. The van der Waals surface area contributed by atoms with Crippen LogP contribution in [0.5, 0.6) is 0 Å². The zero-order valence-corrected chi connectivity index (χ0v) is 13.8. The molecule has 0 amide bonds. The fourth-order valence-electron chi connectivity index (χ4n) is 3.04. The van der Waals surface area contributed by atoms with Gasteiger partial charge in [-0.15, -0.1) is 6.58 Å². The van der Waals surface area contributed by atoms with Crippen LogP contribution < -0.4 is 0 Å². The van der Waals surface area contributed by atoms with Crippen LogP contribution in [0.2, 0.25) is 0 Å². The van der Waals surface area contributed by atoms with Gasteiger partial charge in [0.05, 0.1) is 18.0 Å². The quantitative estimate of drug-likeness (QED) is 0.749. The first kappa shape index (κ1) is 16.2. The van der Waals surface area contributed by atoms with E-state index in [0.29, 0.717) is 5.75 Å². The van der Waals surface area contributed by atoms with Gasteiger partial charge in [-0.1, -0.05) is 6.08 Å². The zero-order chi connectivity index (χ0) is 15.5. The lowest BCUT2D eigenvalue weighted by Crippen LogP contribution is -2.37. The smallest absolute Gasteiger partial charge is 0.147 e. The van der Waals surface area contributed by atoms with Gasteiger partial charge in [-0.3, -0.25) is 9.58 Å². The van der Waals surface area contributed by atoms with Gasteiger partial charge in [0, 0.05) is 31.1 Å². The molecule has 2 rings (SSSR count). The van der Waals surface area contributed by atoms with E-state index >= 15 is 0 Å². The molecule has 6 heteroatoms. The second-order valence-electron chi connectivity index (χ2n) is 6.09. The van der Waals surface area contributed by atoms with Crippen LogP contribution in [-0.4, -0.2) is 48.2 Å². The minimum Gasteiger partial charge on any atom is -0.299 e. The van der Waals surface area contributed by atoms with Crippen LogP contribution in [-0.2, 0) is 22.9 Å². The van der Waals surface area contributed by atoms with Crippen LogP contribution in [0.25, 0.3) is 0 Å². The lowest BCUT2D eigenvalue weighted by Gasteiger charge is -2.32. The van der Waals surface area contributed by atoms with Crippen molar-refractivity contribution in [1.82, 2.24) is 14.7 Å². The van der Waals surface area contributed by atoms with E-state index in [9.17, 15) is 8.42 Å². The predicted molar refractivity (Wildman–Crippen MR) is 84.9 cm³/mol. The molecule has 21 heavy (non-hydrogen) atoms. The summed E-state index contributed by atoms with van der Waals surface area (Å²) < 4.78 is 24.8. The molecular formula is C15H25N3O2S. The molecule has 0 aromatic carbocycles. The van der Waals surface area contributed by atoms with Crippen LogP contribution in [0.3, 0.4) is 0 Å². The zero-order valence-electron chi connectivity index (χ0n) is 13.0. The first-order chi connectivity index (χ1) is 9.87. The van der Waals surface area contributed by atoms with Crippen molar-refractivity contribution in [2.45, 2.75) is 32.9 Å². The highest BCUT2D eigenvalue weighted by Gasteiger charge is 2.23. The lowest BCUT2D eigenvalue weighted by molar-refractivity contribution is 0.177. The SMILES string of the molecule is C=CCn1cc(CN2CCC[C@@H](CS(C)(=O)=O)C2)c(C)n1. The van der Waals surface area contributed by atoms with Crippen LogP contribution in [0.15, 0.2) is 18.9 Å². The summed E-state index contributed by atoms with van der Waals surface area (Å²) in [5.74, 6) is 0.565. The Balaban J connectivity index is 1.97. The average Bonchev–Trinajstić information content (AvgIpc) is 2.68. The summed E-state index contributed by atoms with van der Waals surface area (Å²) in [5.41, 5.74) is 2.26. The third-order valence-electron chi connectivity index (χ3n) is 3.90. The van der Waals surface area contributed by atoms with E-state index in [4.69, 9.17) is 0 Å². The molecular weight excluding hydrogens is 286 g/mol. The number of aryl methyl sites for hydroxylation is 1. The van der Waals surface area contributed by atoms with E-state index in [-0.39, 0.29) is 5.92 Å². The van der Waals surface area contributed by atoms with Crippen molar-refractivity contribution in [1.29, 1.82) is 0 Å². The maximum Gasteiger partial charge on any atom is 0.147 e. The van der Waals surface area contributed by atoms with E-state index in [1.165, 1.54) is 11.8 Å². The van der Waals surface area contributed by atoms with Gasteiger partial charge >= 0.3 is 0 Å². The molecule has 1 aliphatic rings. The largest absolute Gasteiger partial charge is 0.299 e. The van der Waals surface area contributed by atoms with Crippen molar-refractivity contribution in [2.24, 2.45) is 5.92 Å². The molecule has 1 saturated heterocycles. The summed E-state index contributed by atoms with van der Waals surface area (Å²) in [6.07, 6.45) is 7.31. The van der Waals surface area contributed by atoms with Crippen LogP contribution >= 0.6 is 0 Å². The number of allylic oxidation sites excluding steroid dienone is 1. The number of nitrogens with zero attached hydrogens (tertiary/aromatic N) is 3. The maximum atomic E-state index is 11.5. The number of piperidine rings is 1. The van der Waals surface area contributed by atoms with Gasteiger partial charge in [-0.05, 0) is 32.2 Å². The fourth-order valence-corrected chi connectivity index (χ4v) is 4.17. The molecule has 1 aromatic heterocycles. The van der Waals surface area contributed by atoms with Crippen molar-refractivity contribution in [2.75, 3.05) is 25.1 Å². The van der Waals surface area contributed by atoms with Crippen molar-refractivity contribution in [3.8, 4) is 0 Å². The summed E-state index contributed by atoms with van der Waals surface area (Å²) in [6, 6.07) is 0. The molecule has 118 valence electrons. The van der Waals surface area contributed by atoms with Gasteiger partial charge in [0.1, 0.15) is 9.84 Å². The Hall–Kier alpha value is -1.14. The maximum absolute atomic E-state index is 11.5. The molecule has 0 spiro atoms. The highest BCUT2D eigenvalue weighted by atomic mass is 32.2. The molecule has 1 atom stereocenters. The number of hydrogen-bond donors (Lipinski definition) is 0. The highest BCUT2D eigenvalue weighted by molar-refractivity contribution is 7.90. The number of sulfone groups is 1. The third-order valence-corrected chi connectivity index (χ3v) is 4.98. The first-order valence-corrected chi connectivity index (χ1v) is 9.47. The predicted octanol–water partition coefficient (Wildman–Crippen LogP) is 1.63. The molecule has 0 unspecified atom stereocenters. The van der Waals surface area contributed by atoms with E-state index in [0.717, 1.165) is 44.7 Å². The van der Waals surface area contributed by atoms with Crippen molar-refractivity contribution < 1.29 is 8.42 Å². The molecule has 0 bridgehead atoms. The molecule has 1 fully saturated rings. The standard InChI is InChI=1S/C15H25N3O2S/c1-4-7-18-11-15(13(2)16-18)10-17-8-5-6-14(9-17)12-21(3,19)20/h4,11,14H,1,5-10,12H2,2-3H3/t14-/m1/s1. The summed E-state index contributed by atoms with van der Waals surface area (Å²) in [4.78, 5) is 2.35. The molecule has 1 aliphatic heterocycles. The minimum absolute atomic E-state index is 0.261. The van der Waals surface area contributed by atoms with E-state index < -0.39 is 9.84 Å². The fraction of sp³-hybridized carbons (Fsp3) is 0.667. The van der Waals surface area contributed by atoms with Gasteiger partial charge in [0.2, 0.25) is 0 Å².